The summed E-state index contributed by atoms with van der Waals surface area (Å²) in [4.78, 5) is 17.1. The molecule has 0 radical (unpaired) electrons. The second kappa shape index (κ2) is 8.88. The molecule has 8 heteroatoms. The second-order valence-electron chi connectivity index (χ2n) is 7.98. The topological polar surface area (TPSA) is 44.8 Å². The molecular weight excluding hydrogens is 407 g/mol. The molecule has 2 aromatic carbocycles. The first-order valence-electron chi connectivity index (χ1n) is 10.4. The number of anilines is 1. The zero-order valence-electron chi connectivity index (χ0n) is 17.4. The van der Waals surface area contributed by atoms with Gasteiger partial charge in [0.15, 0.2) is 0 Å². The summed E-state index contributed by atoms with van der Waals surface area (Å²) < 4.78 is 45.4. The Morgan fingerprint density at radius 2 is 1.87 bits per heavy atom. The van der Waals surface area contributed by atoms with Crippen molar-refractivity contribution in [1.82, 2.24) is 10.2 Å². The number of benzene rings is 2. The van der Waals surface area contributed by atoms with Crippen molar-refractivity contribution < 1.29 is 22.7 Å². The quantitative estimate of drug-likeness (QED) is 0.784. The average molecular weight is 433 g/mol. The van der Waals surface area contributed by atoms with E-state index < -0.39 is 17.6 Å². The van der Waals surface area contributed by atoms with Gasteiger partial charge < -0.3 is 15.0 Å². The minimum atomic E-state index is -4.58. The van der Waals surface area contributed by atoms with Gasteiger partial charge in [-0.2, -0.15) is 13.2 Å². The molecule has 2 aliphatic rings. The minimum Gasteiger partial charge on any atom is -0.379 e. The summed E-state index contributed by atoms with van der Waals surface area (Å²) in [6.07, 6.45) is -3.62. The van der Waals surface area contributed by atoms with Crippen molar-refractivity contribution >= 4 is 11.6 Å². The number of likely N-dealkylation sites (N-methyl/N-ethyl adjacent to an activating group) is 1. The summed E-state index contributed by atoms with van der Waals surface area (Å²) in [5, 5.41) is 2.75. The van der Waals surface area contributed by atoms with Crippen LogP contribution in [-0.4, -0.2) is 57.2 Å². The number of nitrogens with one attached hydrogen (secondary N) is 1. The predicted octanol–water partition coefficient (Wildman–Crippen LogP) is 3.50. The third-order valence-electron chi connectivity index (χ3n) is 6.04. The summed E-state index contributed by atoms with van der Waals surface area (Å²) in [7, 11) is 2.06. The molecule has 1 saturated heterocycles. The number of morpholine rings is 1. The number of carbonyl (C=O) groups excluding carboxylic acids is 1. The summed E-state index contributed by atoms with van der Waals surface area (Å²) in [5.41, 5.74) is 2.24. The van der Waals surface area contributed by atoms with Crippen molar-refractivity contribution in [3.8, 4) is 0 Å². The third-order valence-corrected chi connectivity index (χ3v) is 6.04. The smallest absolute Gasteiger partial charge is 0.379 e. The van der Waals surface area contributed by atoms with Gasteiger partial charge in [-0.1, -0.05) is 24.3 Å². The van der Waals surface area contributed by atoms with Gasteiger partial charge in [0.2, 0.25) is 0 Å². The summed E-state index contributed by atoms with van der Waals surface area (Å²) in [5.74, 6) is -0.716. The maximum absolute atomic E-state index is 13.3. The lowest BCUT2D eigenvalue weighted by molar-refractivity contribution is -0.137. The van der Waals surface area contributed by atoms with E-state index in [4.69, 9.17) is 4.74 Å². The fourth-order valence-corrected chi connectivity index (χ4v) is 4.35. The molecule has 166 valence electrons. The van der Waals surface area contributed by atoms with E-state index in [2.05, 4.69) is 40.4 Å². The fourth-order valence-electron chi connectivity index (χ4n) is 4.35. The highest BCUT2D eigenvalue weighted by Gasteiger charge is 2.35. The summed E-state index contributed by atoms with van der Waals surface area (Å²) in [6, 6.07) is 11.1. The van der Waals surface area contributed by atoms with Crippen LogP contribution in [0.15, 0.2) is 42.5 Å². The van der Waals surface area contributed by atoms with E-state index in [0.29, 0.717) is 26.3 Å². The Morgan fingerprint density at radius 3 is 2.61 bits per heavy atom. The van der Waals surface area contributed by atoms with Gasteiger partial charge in [0.05, 0.1) is 30.4 Å². The van der Waals surface area contributed by atoms with Gasteiger partial charge in [0.25, 0.3) is 5.91 Å². The first-order valence-corrected chi connectivity index (χ1v) is 10.4. The van der Waals surface area contributed by atoms with E-state index >= 15 is 0 Å². The molecule has 0 aromatic heterocycles. The number of hydrogen-bond acceptors (Lipinski definition) is 4. The zero-order chi connectivity index (χ0) is 22.0. The lowest BCUT2D eigenvalue weighted by atomic mass is 10.00. The molecule has 2 aliphatic heterocycles. The molecule has 0 bridgehead atoms. The maximum atomic E-state index is 13.3. The molecule has 4 rings (SSSR count). The van der Waals surface area contributed by atoms with Gasteiger partial charge >= 0.3 is 6.18 Å². The highest BCUT2D eigenvalue weighted by Crippen LogP contribution is 2.33. The predicted molar refractivity (Wildman–Crippen MR) is 112 cm³/mol. The van der Waals surface area contributed by atoms with Crippen LogP contribution in [0, 0.1) is 0 Å². The van der Waals surface area contributed by atoms with Crippen LogP contribution in [0.3, 0.4) is 0 Å². The first kappa shape index (κ1) is 21.6. The fraction of sp³-hybridized carbons (Fsp3) is 0.435. The van der Waals surface area contributed by atoms with E-state index in [1.54, 1.807) is 0 Å². The highest BCUT2D eigenvalue weighted by atomic mass is 19.4. The van der Waals surface area contributed by atoms with Crippen LogP contribution >= 0.6 is 0 Å². The molecular formula is C23H26F3N3O2. The number of hydrogen-bond donors (Lipinski definition) is 1. The first-order chi connectivity index (χ1) is 14.8. The van der Waals surface area contributed by atoms with Crippen molar-refractivity contribution in [2.24, 2.45) is 0 Å². The Kier molecular flexibility index (Phi) is 6.20. The largest absolute Gasteiger partial charge is 0.417 e. The summed E-state index contributed by atoms with van der Waals surface area (Å²) >= 11 is 0. The van der Waals surface area contributed by atoms with Crippen molar-refractivity contribution in [2.45, 2.75) is 18.6 Å². The number of halogens is 3. The Bertz CT molecular complexity index is 942. The average Bonchev–Trinajstić information content (AvgIpc) is 3.14. The van der Waals surface area contributed by atoms with Gasteiger partial charge in [0, 0.05) is 38.9 Å². The van der Waals surface area contributed by atoms with Crippen molar-refractivity contribution in [3.05, 3.63) is 64.7 Å². The van der Waals surface area contributed by atoms with Crippen LogP contribution in [0.25, 0.3) is 0 Å². The molecule has 0 saturated carbocycles. The lowest BCUT2D eigenvalue weighted by Gasteiger charge is -2.35. The standard InChI is InChI=1S/C23H26F3N3O2/c1-28-9-8-17-14-16(6-7-20(17)28)21(29-10-12-31-13-11-29)15-27-22(30)18-4-2-3-5-19(18)23(24,25)26/h2-7,14,21H,8-13,15H2,1H3,(H,27,30)/t21-/m1/s1. The monoisotopic (exact) mass is 433 g/mol. The molecule has 31 heavy (non-hydrogen) atoms. The maximum Gasteiger partial charge on any atom is 0.417 e. The number of fused-ring (bicyclic) bond motifs is 1. The van der Waals surface area contributed by atoms with Crippen LogP contribution in [-0.2, 0) is 17.3 Å². The Morgan fingerprint density at radius 1 is 1.13 bits per heavy atom. The van der Waals surface area contributed by atoms with Crippen molar-refractivity contribution in [3.63, 3.8) is 0 Å². The number of nitrogens with zero attached hydrogens (tertiary/aromatic N) is 2. The van der Waals surface area contributed by atoms with E-state index in [9.17, 15) is 18.0 Å². The van der Waals surface area contributed by atoms with Crippen molar-refractivity contribution in [2.75, 3.05) is 51.3 Å². The molecule has 1 N–H and O–H groups in total. The van der Waals surface area contributed by atoms with E-state index in [1.165, 1.54) is 29.4 Å². The van der Waals surface area contributed by atoms with Crippen LogP contribution in [0.1, 0.15) is 33.1 Å². The number of carbonyl (C=O) groups is 1. The lowest BCUT2D eigenvalue weighted by Crippen LogP contribution is -2.44. The van der Waals surface area contributed by atoms with Crippen LogP contribution in [0.4, 0.5) is 18.9 Å². The summed E-state index contributed by atoms with van der Waals surface area (Å²) in [6.45, 7) is 3.78. The number of rotatable bonds is 5. The van der Waals surface area contributed by atoms with Gasteiger partial charge in [-0.25, -0.2) is 0 Å². The van der Waals surface area contributed by atoms with Gasteiger partial charge in [-0.05, 0) is 35.7 Å². The van der Waals surface area contributed by atoms with E-state index in [-0.39, 0.29) is 18.2 Å². The Hall–Kier alpha value is -2.58. The molecule has 2 aromatic rings. The van der Waals surface area contributed by atoms with Crippen LogP contribution in [0.2, 0.25) is 0 Å². The molecule has 1 fully saturated rings. The second-order valence-corrected chi connectivity index (χ2v) is 7.98. The van der Waals surface area contributed by atoms with Gasteiger partial charge in [-0.15, -0.1) is 0 Å². The molecule has 0 unspecified atom stereocenters. The zero-order valence-corrected chi connectivity index (χ0v) is 17.4. The van der Waals surface area contributed by atoms with Gasteiger partial charge in [0.1, 0.15) is 0 Å². The normalized spacial score (nSPS) is 18.0. The molecule has 1 amide bonds. The number of ether oxygens (including phenoxy) is 1. The van der Waals surface area contributed by atoms with E-state index in [0.717, 1.165) is 24.6 Å². The molecule has 5 nitrogen and oxygen atoms in total. The SMILES string of the molecule is CN1CCc2cc([C@@H](CNC(=O)c3ccccc3C(F)(F)F)N3CCOCC3)ccc21. The highest BCUT2D eigenvalue weighted by molar-refractivity contribution is 5.95. The Balaban J connectivity index is 1.56. The van der Waals surface area contributed by atoms with Crippen molar-refractivity contribution in [1.29, 1.82) is 0 Å². The third kappa shape index (κ3) is 4.70. The van der Waals surface area contributed by atoms with Gasteiger partial charge in [-0.3, -0.25) is 9.69 Å². The minimum absolute atomic E-state index is 0.137. The van der Waals surface area contributed by atoms with Crippen LogP contribution < -0.4 is 10.2 Å². The van der Waals surface area contributed by atoms with Crippen LogP contribution in [0.5, 0.6) is 0 Å². The molecule has 0 aliphatic carbocycles. The number of alkyl halides is 3. The Labute approximate surface area is 179 Å². The molecule has 2 heterocycles. The molecule has 1 atom stereocenters. The van der Waals surface area contributed by atoms with E-state index in [1.807, 2.05) is 0 Å². The number of amides is 1. The molecule has 0 spiro atoms.